The third kappa shape index (κ3) is 4.06. The van der Waals surface area contributed by atoms with E-state index in [4.69, 9.17) is 9.47 Å². The van der Waals surface area contributed by atoms with Gasteiger partial charge in [0, 0.05) is 6.07 Å². The maximum absolute atomic E-state index is 13.6. The van der Waals surface area contributed by atoms with Crippen molar-refractivity contribution in [3.8, 4) is 11.6 Å². The van der Waals surface area contributed by atoms with Crippen molar-refractivity contribution in [2.24, 2.45) is 16.7 Å². The highest BCUT2D eigenvalue weighted by molar-refractivity contribution is 5.79. The normalized spacial score (nSPS) is 18.8. The van der Waals surface area contributed by atoms with E-state index in [-0.39, 0.29) is 11.6 Å². The molecular weight excluding hydrogens is 390 g/mol. The third-order valence-corrected chi connectivity index (χ3v) is 5.84. The maximum atomic E-state index is 13.6. The minimum Gasteiger partial charge on any atom is -0.446 e. The first-order valence-corrected chi connectivity index (χ1v) is 9.01. The Bertz CT molecular complexity index is 893. The number of esters is 1. The van der Waals surface area contributed by atoms with Gasteiger partial charge >= 0.3 is 12.1 Å². The van der Waals surface area contributed by atoms with Gasteiger partial charge in [0.25, 0.3) is 0 Å². The fourth-order valence-electron chi connectivity index (χ4n) is 3.52. The molecule has 0 spiro atoms. The number of carbonyl (C=O) groups is 1. The van der Waals surface area contributed by atoms with Crippen LogP contribution < -0.4 is 4.74 Å². The second kappa shape index (κ2) is 7.00. The molecule has 29 heavy (non-hydrogen) atoms. The quantitative estimate of drug-likeness (QED) is 0.458. The lowest BCUT2D eigenvalue weighted by Gasteiger charge is -2.21. The van der Waals surface area contributed by atoms with Gasteiger partial charge in [-0.2, -0.15) is 13.2 Å². The standard InChI is InChI=1S/C21H21F4NO3/c1-19(2)16(20(19,3)4)18(27)29-17(21(23,24)25)14-6-5-7-15(26-14)28-13-10-8-12(22)9-11-13/h5-11,16-17H,1-4H3. The molecule has 0 amide bonds. The molecule has 1 aliphatic carbocycles. The molecule has 0 saturated heterocycles. The predicted octanol–water partition coefficient (Wildman–Crippen LogP) is 5.84. The Morgan fingerprint density at radius 1 is 1.03 bits per heavy atom. The second-order valence-electron chi connectivity index (χ2n) is 8.19. The summed E-state index contributed by atoms with van der Waals surface area (Å²) in [4.78, 5) is 16.3. The van der Waals surface area contributed by atoms with Crippen LogP contribution in [0.3, 0.4) is 0 Å². The number of benzene rings is 1. The van der Waals surface area contributed by atoms with Gasteiger partial charge in [0.05, 0.1) is 11.6 Å². The maximum Gasteiger partial charge on any atom is 0.431 e. The number of pyridine rings is 1. The Morgan fingerprint density at radius 3 is 2.14 bits per heavy atom. The van der Waals surface area contributed by atoms with Crippen molar-refractivity contribution in [1.82, 2.24) is 4.98 Å². The molecule has 4 nitrogen and oxygen atoms in total. The lowest BCUT2D eigenvalue weighted by Crippen LogP contribution is -2.28. The van der Waals surface area contributed by atoms with E-state index in [1.165, 1.54) is 24.3 Å². The van der Waals surface area contributed by atoms with Gasteiger partial charge in [0.1, 0.15) is 11.6 Å². The van der Waals surface area contributed by atoms with Gasteiger partial charge < -0.3 is 9.47 Å². The highest BCUT2D eigenvalue weighted by Gasteiger charge is 2.69. The molecule has 0 N–H and O–H groups in total. The predicted molar refractivity (Wildman–Crippen MR) is 96.7 cm³/mol. The fourth-order valence-corrected chi connectivity index (χ4v) is 3.52. The highest BCUT2D eigenvalue weighted by atomic mass is 19.4. The Hall–Kier alpha value is -2.64. The van der Waals surface area contributed by atoms with Crippen LogP contribution >= 0.6 is 0 Å². The van der Waals surface area contributed by atoms with Crippen molar-refractivity contribution in [3.63, 3.8) is 0 Å². The number of ether oxygens (including phenoxy) is 2. The average molecular weight is 411 g/mol. The summed E-state index contributed by atoms with van der Waals surface area (Å²) in [6, 6.07) is 8.74. The summed E-state index contributed by atoms with van der Waals surface area (Å²) in [6.45, 7) is 7.27. The molecular formula is C21H21F4NO3. The molecule has 1 unspecified atom stereocenters. The van der Waals surface area contributed by atoms with E-state index in [0.717, 1.165) is 18.2 Å². The molecule has 8 heteroatoms. The molecule has 1 saturated carbocycles. The molecule has 0 aliphatic heterocycles. The van der Waals surface area contributed by atoms with Crippen LogP contribution in [0.2, 0.25) is 0 Å². The van der Waals surface area contributed by atoms with E-state index < -0.39 is 46.5 Å². The number of halogens is 4. The van der Waals surface area contributed by atoms with Crippen molar-refractivity contribution in [2.45, 2.75) is 40.0 Å². The molecule has 1 aliphatic rings. The SMILES string of the molecule is CC1(C)C(C(=O)OC(c2cccc(Oc3ccc(F)cc3)n2)C(F)(F)F)C1(C)C. The van der Waals surface area contributed by atoms with E-state index in [2.05, 4.69) is 4.98 Å². The largest absolute Gasteiger partial charge is 0.446 e. The van der Waals surface area contributed by atoms with Gasteiger partial charge in [-0.25, -0.2) is 9.37 Å². The molecule has 1 fully saturated rings. The second-order valence-corrected chi connectivity index (χ2v) is 8.19. The third-order valence-electron chi connectivity index (χ3n) is 5.84. The number of alkyl halides is 3. The van der Waals surface area contributed by atoms with Crippen molar-refractivity contribution < 1.29 is 31.8 Å². The smallest absolute Gasteiger partial charge is 0.431 e. The average Bonchev–Trinajstić information content (AvgIpc) is 3.03. The summed E-state index contributed by atoms with van der Waals surface area (Å²) in [6.07, 6.45) is -7.36. The number of aromatic nitrogens is 1. The van der Waals surface area contributed by atoms with Crippen molar-refractivity contribution in [3.05, 3.63) is 54.0 Å². The summed E-state index contributed by atoms with van der Waals surface area (Å²) in [7, 11) is 0. The first-order chi connectivity index (χ1) is 13.3. The number of rotatable bonds is 5. The van der Waals surface area contributed by atoms with E-state index in [1.807, 2.05) is 27.7 Å². The summed E-state index contributed by atoms with van der Waals surface area (Å²) >= 11 is 0. The van der Waals surface area contributed by atoms with Crippen molar-refractivity contribution >= 4 is 5.97 Å². The Balaban J connectivity index is 1.82. The molecule has 2 aromatic rings. The Morgan fingerprint density at radius 2 is 1.62 bits per heavy atom. The van der Waals surface area contributed by atoms with E-state index in [9.17, 15) is 22.4 Å². The molecule has 1 atom stereocenters. The topological polar surface area (TPSA) is 48.4 Å². The number of carbonyl (C=O) groups excluding carboxylic acids is 1. The zero-order chi connectivity index (χ0) is 21.6. The summed E-state index contributed by atoms with van der Waals surface area (Å²) in [5.41, 5.74) is -1.41. The summed E-state index contributed by atoms with van der Waals surface area (Å²) < 4.78 is 64.2. The van der Waals surface area contributed by atoms with Crippen LogP contribution in [-0.4, -0.2) is 17.1 Å². The van der Waals surface area contributed by atoms with Crippen molar-refractivity contribution in [2.75, 3.05) is 0 Å². The van der Waals surface area contributed by atoms with Crippen LogP contribution in [0.5, 0.6) is 11.6 Å². The highest BCUT2D eigenvalue weighted by Crippen LogP contribution is 2.69. The van der Waals surface area contributed by atoms with E-state index in [1.54, 1.807) is 0 Å². The number of nitrogens with zero attached hydrogens (tertiary/aromatic N) is 1. The van der Waals surface area contributed by atoms with Gasteiger partial charge in [-0.1, -0.05) is 33.8 Å². The molecule has 3 rings (SSSR count). The lowest BCUT2D eigenvalue weighted by molar-refractivity contribution is -0.226. The Labute approximate surface area is 165 Å². The van der Waals surface area contributed by atoms with Crippen molar-refractivity contribution in [1.29, 1.82) is 0 Å². The Kier molecular flexibility index (Phi) is 5.09. The minimum atomic E-state index is -4.85. The molecule has 0 bridgehead atoms. The monoisotopic (exact) mass is 411 g/mol. The van der Waals surface area contributed by atoms with Crippen LogP contribution in [0.15, 0.2) is 42.5 Å². The van der Waals surface area contributed by atoms with Crippen LogP contribution in [0, 0.1) is 22.6 Å². The molecule has 1 aromatic carbocycles. The molecule has 1 heterocycles. The van der Waals surface area contributed by atoms with E-state index >= 15 is 0 Å². The van der Waals surface area contributed by atoms with Crippen LogP contribution in [0.1, 0.15) is 39.5 Å². The van der Waals surface area contributed by atoms with Crippen LogP contribution in [-0.2, 0) is 9.53 Å². The number of hydrogen-bond acceptors (Lipinski definition) is 4. The van der Waals surface area contributed by atoms with Gasteiger partial charge in [0.2, 0.25) is 12.0 Å². The molecule has 156 valence electrons. The van der Waals surface area contributed by atoms with Gasteiger partial charge in [0.15, 0.2) is 0 Å². The van der Waals surface area contributed by atoms with Crippen LogP contribution in [0.25, 0.3) is 0 Å². The number of hydrogen-bond donors (Lipinski definition) is 0. The van der Waals surface area contributed by atoms with Gasteiger partial charge in [-0.3, -0.25) is 4.79 Å². The summed E-state index contributed by atoms with van der Waals surface area (Å²) in [5, 5.41) is 0. The zero-order valence-electron chi connectivity index (χ0n) is 16.4. The first-order valence-electron chi connectivity index (χ1n) is 9.01. The summed E-state index contributed by atoms with van der Waals surface area (Å²) in [5.74, 6) is -1.95. The van der Waals surface area contributed by atoms with Crippen LogP contribution in [0.4, 0.5) is 17.6 Å². The zero-order valence-corrected chi connectivity index (χ0v) is 16.4. The first kappa shape index (κ1) is 21.1. The van der Waals surface area contributed by atoms with E-state index in [0.29, 0.717) is 0 Å². The van der Waals surface area contributed by atoms with Gasteiger partial charge in [-0.15, -0.1) is 0 Å². The molecule has 0 radical (unpaired) electrons. The minimum absolute atomic E-state index is 0.133. The molecule has 1 aromatic heterocycles. The van der Waals surface area contributed by atoms with Gasteiger partial charge in [-0.05, 0) is 41.2 Å². The fraction of sp³-hybridized carbons (Fsp3) is 0.429. The lowest BCUT2D eigenvalue weighted by atomic mass is 10.0.